The average Bonchev–Trinajstić information content (AvgIpc) is 3.15. The number of fused-ring (bicyclic) bond motifs is 1. The first-order valence-corrected chi connectivity index (χ1v) is 11.5. The third-order valence-corrected chi connectivity index (χ3v) is 6.85. The van der Waals surface area contributed by atoms with Gasteiger partial charge in [-0.3, -0.25) is 9.59 Å². The van der Waals surface area contributed by atoms with E-state index in [2.05, 4.69) is 53.3 Å². The van der Waals surface area contributed by atoms with Gasteiger partial charge in [-0.15, -0.1) is 0 Å². The van der Waals surface area contributed by atoms with Gasteiger partial charge in [-0.1, -0.05) is 29.5 Å². The Hall–Kier alpha value is -2.93. The Bertz CT molecular complexity index is 1120. The molecule has 2 amide bonds. The van der Waals surface area contributed by atoms with Crippen molar-refractivity contribution in [2.24, 2.45) is 0 Å². The van der Waals surface area contributed by atoms with Crippen LogP contribution in [0.25, 0.3) is 10.2 Å². The first-order valence-electron chi connectivity index (χ1n) is 10.7. The number of aromatic nitrogens is 1. The predicted molar refractivity (Wildman–Crippen MR) is 127 cm³/mol. The topological polar surface area (TPSA) is 65.5 Å². The fourth-order valence-electron chi connectivity index (χ4n) is 4.01. The molecule has 3 aromatic rings. The molecule has 0 aliphatic carbocycles. The van der Waals surface area contributed by atoms with E-state index in [1.54, 1.807) is 0 Å². The molecular formula is C24H28N4O2S. The zero-order valence-electron chi connectivity index (χ0n) is 18.3. The van der Waals surface area contributed by atoms with Gasteiger partial charge in [-0.05, 0) is 55.2 Å². The third kappa shape index (κ3) is 4.88. The maximum absolute atomic E-state index is 12.8. The Morgan fingerprint density at radius 3 is 2.61 bits per heavy atom. The van der Waals surface area contributed by atoms with Crippen molar-refractivity contribution < 1.29 is 9.59 Å². The van der Waals surface area contributed by atoms with Crippen LogP contribution in [0.5, 0.6) is 0 Å². The van der Waals surface area contributed by atoms with Crippen molar-refractivity contribution in [1.82, 2.24) is 9.88 Å². The van der Waals surface area contributed by atoms with Crippen LogP contribution in [0.15, 0.2) is 36.4 Å². The smallest absolute Gasteiger partial charge is 0.223 e. The summed E-state index contributed by atoms with van der Waals surface area (Å²) >= 11 is 1.46. The fraction of sp³-hybridized carbons (Fsp3) is 0.375. The zero-order chi connectivity index (χ0) is 22.0. The largest absolute Gasteiger partial charge is 0.368 e. The summed E-state index contributed by atoms with van der Waals surface area (Å²) in [5, 5.41) is 3.34. The van der Waals surface area contributed by atoms with Gasteiger partial charge in [0.05, 0.1) is 10.2 Å². The molecule has 1 fully saturated rings. The minimum atomic E-state index is -0.123. The van der Waals surface area contributed by atoms with Crippen molar-refractivity contribution >= 4 is 44.2 Å². The number of hydrogen-bond acceptors (Lipinski definition) is 5. The molecule has 0 spiro atoms. The minimum absolute atomic E-state index is 0.123. The van der Waals surface area contributed by atoms with E-state index in [4.69, 9.17) is 0 Å². The number of carbonyl (C=O) groups excluding carboxylic acids is 2. The fourth-order valence-corrected chi connectivity index (χ4v) is 4.99. The summed E-state index contributed by atoms with van der Waals surface area (Å²) in [4.78, 5) is 32.8. The summed E-state index contributed by atoms with van der Waals surface area (Å²) in [6, 6.07) is 12.5. The molecule has 1 aliphatic rings. The highest BCUT2D eigenvalue weighted by Gasteiger charge is 2.22. The van der Waals surface area contributed by atoms with Crippen molar-refractivity contribution in [2.75, 3.05) is 36.4 Å². The van der Waals surface area contributed by atoms with Crippen molar-refractivity contribution in [3.8, 4) is 0 Å². The molecule has 0 unspecified atom stereocenters. The Labute approximate surface area is 186 Å². The molecule has 2 heterocycles. The number of benzene rings is 2. The summed E-state index contributed by atoms with van der Waals surface area (Å²) < 4.78 is 1.02. The van der Waals surface area contributed by atoms with Gasteiger partial charge < -0.3 is 15.1 Å². The van der Waals surface area contributed by atoms with Gasteiger partial charge in [0, 0.05) is 45.2 Å². The summed E-state index contributed by atoms with van der Waals surface area (Å²) in [6.45, 7) is 9.05. The molecule has 162 valence electrons. The quantitative estimate of drug-likeness (QED) is 0.652. The lowest BCUT2D eigenvalue weighted by Crippen LogP contribution is -2.49. The highest BCUT2D eigenvalue weighted by Crippen LogP contribution is 2.27. The normalized spacial score (nSPS) is 14.2. The van der Waals surface area contributed by atoms with E-state index in [9.17, 15) is 9.59 Å². The Balaban J connectivity index is 1.32. The Kier molecular flexibility index (Phi) is 6.23. The Morgan fingerprint density at radius 2 is 1.87 bits per heavy atom. The molecule has 2 aromatic carbocycles. The van der Waals surface area contributed by atoms with Crippen LogP contribution in [-0.2, 0) is 16.0 Å². The van der Waals surface area contributed by atoms with E-state index < -0.39 is 0 Å². The number of hydrogen-bond donors (Lipinski definition) is 1. The molecule has 1 aliphatic heterocycles. The van der Waals surface area contributed by atoms with Gasteiger partial charge in [0.15, 0.2) is 5.13 Å². The number of carbonyl (C=O) groups is 2. The SMILES string of the molecule is CC(=O)Nc1nc2ccc(CCC(=O)N3CCN(c4cccc(C)c4C)CC3)cc2s1. The molecule has 0 saturated carbocycles. The number of nitrogens with one attached hydrogen (secondary N) is 1. The van der Waals surface area contributed by atoms with Crippen LogP contribution in [0.4, 0.5) is 10.8 Å². The first-order chi connectivity index (χ1) is 14.9. The molecule has 0 radical (unpaired) electrons. The second kappa shape index (κ2) is 9.06. The van der Waals surface area contributed by atoms with E-state index in [1.807, 2.05) is 17.0 Å². The maximum atomic E-state index is 12.8. The number of nitrogens with zero attached hydrogens (tertiary/aromatic N) is 3. The van der Waals surface area contributed by atoms with Crippen LogP contribution in [0, 0.1) is 13.8 Å². The van der Waals surface area contributed by atoms with Crippen LogP contribution < -0.4 is 10.2 Å². The molecule has 1 N–H and O–H groups in total. The molecule has 6 nitrogen and oxygen atoms in total. The van der Waals surface area contributed by atoms with Crippen molar-refractivity contribution in [2.45, 2.75) is 33.6 Å². The van der Waals surface area contributed by atoms with Gasteiger partial charge in [-0.25, -0.2) is 4.98 Å². The van der Waals surface area contributed by atoms with Crippen LogP contribution in [0.3, 0.4) is 0 Å². The van der Waals surface area contributed by atoms with Crippen LogP contribution >= 0.6 is 11.3 Å². The minimum Gasteiger partial charge on any atom is -0.368 e. The lowest BCUT2D eigenvalue weighted by atomic mass is 10.1. The summed E-state index contributed by atoms with van der Waals surface area (Å²) in [6.07, 6.45) is 1.21. The van der Waals surface area contributed by atoms with E-state index >= 15 is 0 Å². The molecule has 0 bridgehead atoms. The molecule has 4 rings (SSSR count). The highest BCUT2D eigenvalue weighted by atomic mass is 32.1. The molecule has 31 heavy (non-hydrogen) atoms. The number of piperazine rings is 1. The monoisotopic (exact) mass is 436 g/mol. The van der Waals surface area contributed by atoms with E-state index in [0.29, 0.717) is 18.0 Å². The van der Waals surface area contributed by atoms with E-state index in [-0.39, 0.29) is 11.8 Å². The third-order valence-electron chi connectivity index (χ3n) is 5.91. The van der Waals surface area contributed by atoms with Gasteiger partial charge >= 0.3 is 0 Å². The molecule has 1 aromatic heterocycles. The van der Waals surface area contributed by atoms with E-state index in [0.717, 1.165) is 42.0 Å². The first kappa shape index (κ1) is 21.3. The average molecular weight is 437 g/mol. The molecule has 1 saturated heterocycles. The lowest BCUT2D eigenvalue weighted by molar-refractivity contribution is -0.131. The van der Waals surface area contributed by atoms with Gasteiger partial charge in [0.1, 0.15) is 0 Å². The molecule has 7 heteroatoms. The highest BCUT2D eigenvalue weighted by molar-refractivity contribution is 7.22. The van der Waals surface area contributed by atoms with Crippen LogP contribution in [0.1, 0.15) is 30.0 Å². The second-order valence-electron chi connectivity index (χ2n) is 8.09. The Morgan fingerprint density at radius 1 is 1.10 bits per heavy atom. The maximum Gasteiger partial charge on any atom is 0.223 e. The number of rotatable bonds is 5. The predicted octanol–water partition coefficient (Wildman–Crippen LogP) is 4.15. The number of anilines is 2. The standard InChI is InChI=1S/C24H28N4O2S/c1-16-5-4-6-21(17(16)2)27-11-13-28(14-12-27)23(30)10-8-19-7-9-20-22(15-19)31-24(26-20)25-18(3)29/h4-7,9,15H,8,10-14H2,1-3H3,(H,25,26,29). The molecular weight excluding hydrogens is 408 g/mol. The number of aryl methyl sites for hydroxylation is 2. The van der Waals surface area contributed by atoms with Gasteiger partial charge in [-0.2, -0.15) is 0 Å². The summed E-state index contributed by atoms with van der Waals surface area (Å²) in [5.74, 6) is 0.0893. The number of amides is 2. The van der Waals surface area contributed by atoms with Crippen molar-refractivity contribution in [3.63, 3.8) is 0 Å². The summed E-state index contributed by atoms with van der Waals surface area (Å²) in [7, 11) is 0. The zero-order valence-corrected chi connectivity index (χ0v) is 19.1. The van der Waals surface area contributed by atoms with Gasteiger partial charge in [0.2, 0.25) is 11.8 Å². The van der Waals surface area contributed by atoms with Gasteiger partial charge in [0.25, 0.3) is 0 Å². The molecule has 0 atom stereocenters. The van der Waals surface area contributed by atoms with Crippen LogP contribution in [0.2, 0.25) is 0 Å². The summed E-state index contributed by atoms with van der Waals surface area (Å²) in [5.41, 5.74) is 5.89. The van der Waals surface area contributed by atoms with E-state index in [1.165, 1.54) is 35.1 Å². The number of thiazole rings is 1. The van der Waals surface area contributed by atoms with Crippen molar-refractivity contribution in [3.05, 3.63) is 53.1 Å². The lowest BCUT2D eigenvalue weighted by Gasteiger charge is -2.37. The van der Waals surface area contributed by atoms with Crippen LogP contribution in [-0.4, -0.2) is 47.9 Å². The van der Waals surface area contributed by atoms with Crippen molar-refractivity contribution in [1.29, 1.82) is 0 Å². The second-order valence-corrected chi connectivity index (χ2v) is 9.12.